The van der Waals surface area contributed by atoms with Crippen molar-refractivity contribution in [3.05, 3.63) is 10.6 Å². The van der Waals surface area contributed by atoms with Gasteiger partial charge in [0, 0.05) is 38.2 Å². The molecule has 1 N–H and O–H groups in total. The monoisotopic (exact) mass is 313 g/mol. The number of nitrogens with zero attached hydrogens (tertiary/aromatic N) is 2. The van der Waals surface area contributed by atoms with Gasteiger partial charge in [-0.05, 0) is 19.3 Å². The molecule has 0 radical (unpaired) electrons. The molecular formula is C16H31N3OS. The Morgan fingerprint density at radius 2 is 2.10 bits per heavy atom. The molecule has 4 nitrogen and oxygen atoms in total. The molecular weight excluding hydrogens is 282 g/mol. The summed E-state index contributed by atoms with van der Waals surface area (Å²) < 4.78 is 5.08. The number of ether oxygens (including phenoxy) is 1. The third kappa shape index (κ3) is 6.32. The standard InChI is InChI=1S/C16H31N3OS/c1-6-8-14-15(11-17-9-10-20-5)21-16(18-14)19(7-2)12-13(3)4/h13,17H,6-12H2,1-5H3. The van der Waals surface area contributed by atoms with E-state index in [0.29, 0.717) is 5.92 Å². The zero-order valence-corrected chi connectivity index (χ0v) is 15.1. The Hall–Kier alpha value is -0.650. The average molecular weight is 314 g/mol. The highest BCUT2D eigenvalue weighted by atomic mass is 32.1. The van der Waals surface area contributed by atoms with E-state index in [-0.39, 0.29) is 0 Å². The quantitative estimate of drug-likeness (QED) is 0.636. The van der Waals surface area contributed by atoms with E-state index in [1.54, 1.807) is 7.11 Å². The first kappa shape index (κ1) is 18.4. The summed E-state index contributed by atoms with van der Waals surface area (Å²) in [6.07, 6.45) is 2.21. The Labute approximate surface area is 133 Å². The lowest BCUT2D eigenvalue weighted by molar-refractivity contribution is 0.199. The van der Waals surface area contributed by atoms with Crippen LogP contribution in [0.15, 0.2) is 0 Å². The third-order valence-corrected chi connectivity index (χ3v) is 4.42. The predicted molar refractivity (Wildman–Crippen MR) is 92.4 cm³/mol. The molecule has 1 aromatic heterocycles. The molecule has 0 saturated carbocycles. The van der Waals surface area contributed by atoms with Crippen LogP contribution in [0.1, 0.15) is 44.7 Å². The summed E-state index contributed by atoms with van der Waals surface area (Å²) in [5, 5.41) is 4.62. The minimum absolute atomic E-state index is 0.659. The Balaban J connectivity index is 2.76. The Kier molecular flexibility index (Phi) is 8.88. The number of methoxy groups -OCH3 is 1. The number of hydrogen-bond donors (Lipinski definition) is 1. The van der Waals surface area contributed by atoms with Crippen LogP contribution in [0.5, 0.6) is 0 Å². The lowest BCUT2D eigenvalue weighted by atomic mass is 10.2. The maximum atomic E-state index is 5.08. The van der Waals surface area contributed by atoms with Crippen molar-refractivity contribution in [2.75, 3.05) is 38.3 Å². The van der Waals surface area contributed by atoms with Gasteiger partial charge in [-0.3, -0.25) is 0 Å². The molecule has 0 bridgehead atoms. The normalized spacial score (nSPS) is 11.3. The average Bonchev–Trinajstić information content (AvgIpc) is 2.84. The number of nitrogens with one attached hydrogen (secondary N) is 1. The fraction of sp³-hybridized carbons (Fsp3) is 0.812. The molecule has 0 aromatic carbocycles. The zero-order chi connectivity index (χ0) is 15.7. The molecule has 1 heterocycles. The third-order valence-electron chi connectivity index (χ3n) is 3.26. The molecule has 1 rings (SSSR count). The molecule has 0 aliphatic rings. The number of aromatic nitrogens is 1. The first-order chi connectivity index (χ1) is 10.1. The summed E-state index contributed by atoms with van der Waals surface area (Å²) in [6.45, 7) is 13.6. The minimum Gasteiger partial charge on any atom is -0.383 e. The Bertz CT molecular complexity index is 393. The molecule has 0 atom stereocenters. The summed E-state index contributed by atoms with van der Waals surface area (Å²) >= 11 is 1.84. The SMILES string of the molecule is CCCc1nc(N(CC)CC(C)C)sc1CNCCOC. The van der Waals surface area contributed by atoms with Crippen molar-refractivity contribution in [1.82, 2.24) is 10.3 Å². The van der Waals surface area contributed by atoms with Gasteiger partial charge in [0.1, 0.15) is 0 Å². The molecule has 1 aromatic rings. The Morgan fingerprint density at radius 3 is 2.67 bits per heavy atom. The highest BCUT2D eigenvalue weighted by molar-refractivity contribution is 7.15. The maximum absolute atomic E-state index is 5.08. The summed E-state index contributed by atoms with van der Waals surface area (Å²) in [7, 11) is 1.74. The lowest BCUT2D eigenvalue weighted by Gasteiger charge is -2.21. The fourth-order valence-corrected chi connectivity index (χ4v) is 3.38. The van der Waals surface area contributed by atoms with Gasteiger partial charge < -0.3 is 15.0 Å². The molecule has 0 unspecified atom stereocenters. The second-order valence-electron chi connectivity index (χ2n) is 5.72. The number of anilines is 1. The van der Waals surface area contributed by atoms with E-state index in [1.165, 1.54) is 15.7 Å². The summed E-state index contributed by atoms with van der Waals surface area (Å²) in [5.74, 6) is 0.659. The van der Waals surface area contributed by atoms with Crippen molar-refractivity contribution < 1.29 is 4.74 Å². The van der Waals surface area contributed by atoms with Crippen LogP contribution >= 0.6 is 11.3 Å². The molecule has 0 spiro atoms. The van der Waals surface area contributed by atoms with Crippen molar-refractivity contribution in [3.8, 4) is 0 Å². The second kappa shape index (κ2) is 10.1. The van der Waals surface area contributed by atoms with E-state index < -0.39 is 0 Å². The summed E-state index contributed by atoms with van der Waals surface area (Å²) in [5.41, 5.74) is 1.27. The van der Waals surface area contributed by atoms with E-state index in [1.807, 2.05) is 11.3 Å². The summed E-state index contributed by atoms with van der Waals surface area (Å²) in [4.78, 5) is 8.67. The smallest absolute Gasteiger partial charge is 0.185 e. The van der Waals surface area contributed by atoms with Gasteiger partial charge in [-0.2, -0.15) is 0 Å². The highest BCUT2D eigenvalue weighted by Gasteiger charge is 2.15. The molecule has 0 aliphatic carbocycles. The van der Waals surface area contributed by atoms with Crippen LogP contribution in [-0.2, 0) is 17.7 Å². The van der Waals surface area contributed by atoms with Crippen LogP contribution in [0.3, 0.4) is 0 Å². The van der Waals surface area contributed by atoms with Crippen LogP contribution in [-0.4, -0.2) is 38.3 Å². The number of rotatable bonds is 11. The minimum atomic E-state index is 0.659. The first-order valence-electron chi connectivity index (χ1n) is 8.05. The maximum Gasteiger partial charge on any atom is 0.185 e. The lowest BCUT2D eigenvalue weighted by Crippen LogP contribution is -2.27. The van der Waals surface area contributed by atoms with Crippen molar-refractivity contribution >= 4 is 16.5 Å². The second-order valence-corrected chi connectivity index (χ2v) is 6.78. The fourth-order valence-electron chi connectivity index (χ4n) is 2.23. The van der Waals surface area contributed by atoms with E-state index in [4.69, 9.17) is 9.72 Å². The number of thiazole rings is 1. The number of aryl methyl sites for hydroxylation is 1. The predicted octanol–water partition coefficient (Wildman–Crippen LogP) is 3.31. The zero-order valence-electron chi connectivity index (χ0n) is 14.2. The molecule has 122 valence electrons. The van der Waals surface area contributed by atoms with Crippen LogP contribution in [0.25, 0.3) is 0 Å². The van der Waals surface area contributed by atoms with E-state index in [0.717, 1.165) is 45.6 Å². The van der Waals surface area contributed by atoms with Gasteiger partial charge in [-0.25, -0.2) is 4.98 Å². The van der Waals surface area contributed by atoms with Crippen LogP contribution in [0, 0.1) is 5.92 Å². The molecule has 0 aliphatic heterocycles. The first-order valence-corrected chi connectivity index (χ1v) is 8.87. The summed E-state index contributed by atoms with van der Waals surface area (Å²) in [6, 6.07) is 0. The topological polar surface area (TPSA) is 37.4 Å². The molecule has 21 heavy (non-hydrogen) atoms. The van der Waals surface area contributed by atoms with Crippen LogP contribution in [0.2, 0.25) is 0 Å². The highest BCUT2D eigenvalue weighted by Crippen LogP contribution is 2.28. The van der Waals surface area contributed by atoms with Gasteiger partial charge in [0.15, 0.2) is 5.13 Å². The van der Waals surface area contributed by atoms with Gasteiger partial charge in [-0.15, -0.1) is 11.3 Å². The van der Waals surface area contributed by atoms with E-state index in [2.05, 4.69) is 37.9 Å². The van der Waals surface area contributed by atoms with Crippen molar-refractivity contribution in [2.45, 2.75) is 47.1 Å². The van der Waals surface area contributed by atoms with Gasteiger partial charge in [-0.1, -0.05) is 27.2 Å². The molecule has 5 heteroatoms. The van der Waals surface area contributed by atoms with Crippen molar-refractivity contribution in [1.29, 1.82) is 0 Å². The molecule has 0 fully saturated rings. The molecule has 0 saturated heterocycles. The Morgan fingerprint density at radius 1 is 1.33 bits per heavy atom. The van der Waals surface area contributed by atoms with Gasteiger partial charge in [0.2, 0.25) is 0 Å². The van der Waals surface area contributed by atoms with E-state index in [9.17, 15) is 0 Å². The van der Waals surface area contributed by atoms with Gasteiger partial charge in [0.25, 0.3) is 0 Å². The van der Waals surface area contributed by atoms with Gasteiger partial charge >= 0.3 is 0 Å². The number of hydrogen-bond acceptors (Lipinski definition) is 5. The van der Waals surface area contributed by atoms with Crippen LogP contribution < -0.4 is 10.2 Å². The van der Waals surface area contributed by atoms with Crippen LogP contribution in [0.4, 0.5) is 5.13 Å². The van der Waals surface area contributed by atoms with Crippen molar-refractivity contribution in [2.24, 2.45) is 5.92 Å². The van der Waals surface area contributed by atoms with E-state index >= 15 is 0 Å². The largest absolute Gasteiger partial charge is 0.383 e. The molecule has 0 amide bonds. The van der Waals surface area contributed by atoms with Gasteiger partial charge in [0.05, 0.1) is 12.3 Å². The van der Waals surface area contributed by atoms with Crippen molar-refractivity contribution in [3.63, 3.8) is 0 Å².